The highest BCUT2D eigenvalue weighted by atomic mass is 32.1. The number of ether oxygens (including phenoxy) is 4. The molecule has 0 aliphatic carbocycles. The SMILES string of the molecule is CCOc1ccc(CCNC(=S)NCc2ccc3c(c2)OCO3)cc1OC. The average molecular weight is 388 g/mol. The Morgan fingerprint density at radius 1 is 1.04 bits per heavy atom. The average Bonchev–Trinajstić information content (AvgIpc) is 3.15. The van der Waals surface area contributed by atoms with E-state index in [1.165, 1.54) is 0 Å². The Bertz CT molecular complexity index is 798. The van der Waals surface area contributed by atoms with Crippen molar-refractivity contribution in [2.45, 2.75) is 19.9 Å². The zero-order valence-corrected chi connectivity index (χ0v) is 16.4. The summed E-state index contributed by atoms with van der Waals surface area (Å²) in [5, 5.41) is 7.04. The van der Waals surface area contributed by atoms with E-state index in [4.69, 9.17) is 31.2 Å². The van der Waals surface area contributed by atoms with Crippen molar-refractivity contribution < 1.29 is 18.9 Å². The molecule has 2 aromatic carbocycles. The van der Waals surface area contributed by atoms with Crippen LogP contribution in [0.15, 0.2) is 36.4 Å². The lowest BCUT2D eigenvalue weighted by Crippen LogP contribution is -2.35. The first-order valence-electron chi connectivity index (χ1n) is 8.89. The van der Waals surface area contributed by atoms with Gasteiger partial charge in [0.05, 0.1) is 13.7 Å². The maximum atomic E-state index is 5.54. The van der Waals surface area contributed by atoms with E-state index in [0.29, 0.717) is 18.3 Å². The molecule has 2 aromatic rings. The molecule has 144 valence electrons. The first kappa shape index (κ1) is 19.1. The van der Waals surface area contributed by atoms with Crippen LogP contribution in [0, 0.1) is 0 Å². The van der Waals surface area contributed by atoms with Crippen molar-refractivity contribution >= 4 is 17.3 Å². The molecule has 0 saturated carbocycles. The van der Waals surface area contributed by atoms with Crippen LogP contribution in [-0.2, 0) is 13.0 Å². The summed E-state index contributed by atoms with van der Waals surface area (Å²) in [4.78, 5) is 0. The number of benzene rings is 2. The molecule has 6 nitrogen and oxygen atoms in total. The molecule has 0 saturated heterocycles. The van der Waals surface area contributed by atoms with Crippen LogP contribution in [0.5, 0.6) is 23.0 Å². The Kier molecular flexibility index (Phi) is 6.59. The van der Waals surface area contributed by atoms with E-state index in [-0.39, 0.29) is 6.79 Å². The summed E-state index contributed by atoms with van der Waals surface area (Å²) >= 11 is 5.35. The molecule has 7 heteroatoms. The minimum Gasteiger partial charge on any atom is -0.493 e. The first-order valence-corrected chi connectivity index (χ1v) is 9.30. The number of thiocarbonyl (C=S) groups is 1. The molecular formula is C20H24N2O4S. The van der Waals surface area contributed by atoms with Crippen LogP contribution < -0.4 is 29.6 Å². The minimum atomic E-state index is 0.280. The molecule has 1 aliphatic rings. The van der Waals surface area contributed by atoms with Crippen LogP contribution in [0.1, 0.15) is 18.1 Å². The highest BCUT2D eigenvalue weighted by molar-refractivity contribution is 7.80. The normalized spacial score (nSPS) is 11.8. The monoisotopic (exact) mass is 388 g/mol. The largest absolute Gasteiger partial charge is 0.493 e. The summed E-state index contributed by atoms with van der Waals surface area (Å²) in [7, 11) is 1.65. The fourth-order valence-corrected chi connectivity index (χ4v) is 2.93. The number of hydrogen-bond acceptors (Lipinski definition) is 5. The zero-order valence-electron chi connectivity index (χ0n) is 15.5. The fraction of sp³-hybridized carbons (Fsp3) is 0.350. The van der Waals surface area contributed by atoms with Crippen molar-refractivity contribution in [3.05, 3.63) is 47.5 Å². The Balaban J connectivity index is 1.43. The number of nitrogens with one attached hydrogen (secondary N) is 2. The molecule has 0 bridgehead atoms. The summed E-state index contributed by atoms with van der Waals surface area (Å²) in [6.07, 6.45) is 0.828. The predicted molar refractivity (Wildman–Crippen MR) is 108 cm³/mol. The Labute approximate surface area is 164 Å². The molecule has 0 fully saturated rings. The topological polar surface area (TPSA) is 61.0 Å². The van der Waals surface area contributed by atoms with Crippen molar-refractivity contribution in [2.75, 3.05) is 27.1 Å². The zero-order chi connectivity index (χ0) is 19.1. The van der Waals surface area contributed by atoms with E-state index in [1.807, 2.05) is 43.3 Å². The van der Waals surface area contributed by atoms with E-state index in [1.54, 1.807) is 7.11 Å². The second-order valence-corrected chi connectivity index (χ2v) is 6.37. The molecule has 0 atom stereocenters. The van der Waals surface area contributed by atoms with Gasteiger partial charge >= 0.3 is 0 Å². The second kappa shape index (κ2) is 9.32. The van der Waals surface area contributed by atoms with E-state index in [2.05, 4.69) is 10.6 Å². The van der Waals surface area contributed by atoms with Crippen LogP contribution in [-0.4, -0.2) is 32.2 Å². The van der Waals surface area contributed by atoms with Gasteiger partial charge in [0.1, 0.15) is 0 Å². The highest BCUT2D eigenvalue weighted by Crippen LogP contribution is 2.32. The molecule has 27 heavy (non-hydrogen) atoms. The maximum absolute atomic E-state index is 5.54. The second-order valence-electron chi connectivity index (χ2n) is 5.97. The molecule has 0 aromatic heterocycles. The third-order valence-electron chi connectivity index (χ3n) is 4.12. The lowest BCUT2D eigenvalue weighted by Gasteiger charge is -2.13. The maximum Gasteiger partial charge on any atom is 0.231 e. The van der Waals surface area contributed by atoms with Crippen molar-refractivity contribution in [3.8, 4) is 23.0 Å². The van der Waals surface area contributed by atoms with E-state index in [0.717, 1.165) is 47.1 Å². The van der Waals surface area contributed by atoms with Gasteiger partial charge in [-0.05, 0) is 61.0 Å². The van der Waals surface area contributed by atoms with E-state index < -0.39 is 0 Å². The molecule has 3 rings (SSSR count). The summed E-state index contributed by atoms with van der Waals surface area (Å²) in [5.41, 5.74) is 2.24. The molecule has 1 heterocycles. The standard InChI is InChI=1S/C20H24N2O4S/c1-3-24-16-6-4-14(10-18(16)23-2)8-9-21-20(27)22-12-15-5-7-17-19(11-15)26-13-25-17/h4-7,10-11H,3,8-9,12-13H2,1-2H3,(H2,21,22,27). The molecule has 1 aliphatic heterocycles. The molecule has 0 amide bonds. The van der Waals surface area contributed by atoms with Crippen LogP contribution in [0.4, 0.5) is 0 Å². The van der Waals surface area contributed by atoms with Gasteiger partial charge in [-0.3, -0.25) is 0 Å². The van der Waals surface area contributed by atoms with Crippen LogP contribution >= 0.6 is 12.2 Å². The van der Waals surface area contributed by atoms with E-state index >= 15 is 0 Å². The molecule has 2 N–H and O–H groups in total. The van der Waals surface area contributed by atoms with Gasteiger partial charge in [0.15, 0.2) is 28.1 Å². The van der Waals surface area contributed by atoms with Crippen LogP contribution in [0.3, 0.4) is 0 Å². The van der Waals surface area contributed by atoms with Crippen LogP contribution in [0.25, 0.3) is 0 Å². The highest BCUT2D eigenvalue weighted by Gasteiger charge is 2.13. The predicted octanol–water partition coefficient (Wildman–Crippen LogP) is 3.03. The molecular weight excluding hydrogens is 364 g/mol. The summed E-state index contributed by atoms with van der Waals surface area (Å²) in [5.74, 6) is 3.07. The van der Waals surface area contributed by atoms with Gasteiger partial charge in [-0.15, -0.1) is 0 Å². The Morgan fingerprint density at radius 3 is 2.67 bits per heavy atom. The lowest BCUT2D eigenvalue weighted by molar-refractivity contribution is 0.174. The quantitative estimate of drug-likeness (QED) is 0.674. The first-order chi connectivity index (χ1) is 13.2. The van der Waals surface area contributed by atoms with Gasteiger partial charge in [-0.25, -0.2) is 0 Å². The summed E-state index contributed by atoms with van der Waals surface area (Å²) in [6.45, 7) is 4.20. The minimum absolute atomic E-state index is 0.280. The summed E-state index contributed by atoms with van der Waals surface area (Å²) < 4.78 is 21.6. The van der Waals surface area contributed by atoms with Gasteiger partial charge in [0, 0.05) is 13.1 Å². The molecule has 0 unspecified atom stereocenters. The third kappa shape index (κ3) is 5.17. The van der Waals surface area contributed by atoms with Gasteiger partial charge in [0.25, 0.3) is 0 Å². The van der Waals surface area contributed by atoms with Crippen molar-refractivity contribution in [3.63, 3.8) is 0 Å². The van der Waals surface area contributed by atoms with Gasteiger partial charge in [-0.1, -0.05) is 12.1 Å². The number of rotatable bonds is 8. The van der Waals surface area contributed by atoms with Crippen LogP contribution in [0.2, 0.25) is 0 Å². The lowest BCUT2D eigenvalue weighted by atomic mass is 10.1. The van der Waals surface area contributed by atoms with Gasteiger partial charge in [-0.2, -0.15) is 0 Å². The van der Waals surface area contributed by atoms with E-state index in [9.17, 15) is 0 Å². The third-order valence-corrected chi connectivity index (χ3v) is 4.41. The fourth-order valence-electron chi connectivity index (χ4n) is 2.76. The Morgan fingerprint density at radius 2 is 1.85 bits per heavy atom. The Hall–Kier alpha value is -2.67. The van der Waals surface area contributed by atoms with Crippen molar-refractivity contribution in [1.29, 1.82) is 0 Å². The van der Waals surface area contributed by atoms with Crippen molar-refractivity contribution in [1.82, 2.24) is 10.6 Å². The van der Waals surface area contributed by atoms with Gasteiger partial charge in [0.2, 0.25) is 6.79 Å². The summed E-state index contributed by atoms with van der Waals surface area (Å²) in [6, 6.07) is 11.8. The number of fused-ring (bicyclic) bond motifs is 1. The van der Waals surface area contributed by atoms with Gasteiger partial charge < -0.3 is 29.6 Å². The number of hydrogen-bond donors (Lipinski definition) is 2. The molecule has 0 spiro atoms. The number of methoxy groups -OCH3 is 1. The molecule has 0 radical (unpaired) electrons. The van der Waals surface area contributed by atoms with Crippen molar-refractivity contribution in [2.24, 2.45) is 0 Å². The smallest absolute Gasteiger partial charge is 0.231 e.